The van der Waals surface area contributed by atoms with Gasteiger partial charge in [-0.25, -0.2) is 4.79 Å². The van der Waals surface area contributed by atoms with Crippen LogP contribution in [0.3, 0.4) is 0 Å². The molecule has 0 aromatic heterocycles. The zero-order valence-electron chi connectivity index (χ0n) is 11.1. The highest BCUT2D eigenvalue weighted by Crippen LogP contribution is 2.21. The second-order valence-corrected chi connectivity index (χ2v) is 4.22. The summed E-state index contributed by atoms with van der Waals surface area (Å²) in [7, 11) is 0. The minimum atomic E-state index is -0.331. The molecule has 0 aliphatic heterocycles. The lowest BCUT2D eigenvalue weighted by Crippen LogP contribution is -2.11. The van der Waals surface area contributed by atoms with Crippen molar-refractivity contribution in [1.29, 1.82) is 0 Å². The predicted octanol–water partition coefficient (Wildman–Crippen LogP) is 4.00. The zero-order chi connectivity index (χ0) is 13.7. The Morgan fingerprint density at radius 1 is 1.00 bits per heavy atom. The smallest absolute Gasteiger partial charge is 0.343 e. The van der Waals surface area contributed by atoms with E-state index < -0.39 is 0 Å². The normalized spacial score (nSPS) is 11.2. The van der Waals surface area contributed by atoms with Gasteiger partial charge in [0.05, 0.1) is 5.57 Å². The van der Waals surface area contributed by atoms with Gasteiger partial charge in [0.1, 0.15) is 5.75 Å². The standard InChI is InChI=1S/C17H16O2/c1-3-15(16-12-8-7-9-13(16)2)17(18)19-14-10-5-4-6-11-14/h3-12H,1-2H3. The Morgan fingerprint density at radius 2 is 1.63 bits per heavy atom. The fourth-order valence-corrected chi connectivity index (χ4v) is 1.91. The van der Waals surface area contributed by atoms with Crippen molar-refractivity contribution in [2.24, 2.45) is 0 Å². The Bertz CT molecular complexity index is 598. The van der Waals surface area contributed by atoms with Crippen molar-refractivity contribution in [2.75, 3.05) is 0 Å². The number of esters is 1. The van der Waals surface area contributed by atoms with E-state index in [4.69, 9.17) is 4.74 Å². The molecule has 96 valence electrons. The van der Waals surface area contributed by atoms with Crippen molar-refractivity contribution in [1.82, 2.24) is 0 Å². The van der Waals surface area contributed by atoms with E-state index in [1.54, 1.807) is 18.2 Å². The number of carbonyl (C=O) groups excluding carboxylic acids is 1. The molecule has 0 saturated heterocycles. The van der Waals surface area contributed by atoms with Crippen LogP contribution in [0.5, 0.6) is 5.75 Å². The highest BCUT2D eigenvalue weighted by atomic mass is 16.5. The second kappa shape index (κ2) is 6.01. The Hall–Kier alpha value is -2.35. The van der Waals surface area contributed by atoms with Gasteiger partial charge in [-0.15, -0.1) is 0 Å². The molecule has 0 saturated carbocycles. The lowest BCUT2D eigenvalue weighted by Gasteiger charge is -2.10. The number of allylic oxidation sites excluding steroid dienone is 1. The monoisotopic (exact) mass is 252 g/mol. The molecule has 0 aliphatic rings. The highest BCUT2D eigenvalue weighted by molar-refractivity contribution is 6.17. The van der Waals surface area contributed by atoms with Gasteiger partial charge in [0, 0.05) is 0 Å². The van der Waals surface area contributed by atoms with Crippen molar-refractivity contribution in [2.45, 2.75) is 13.8 Å². The molecule has 0 N–H and O–H groups in total. The number of rotatable bonds is 3. The first kappa shape index (κ1) is 13.1. The Labute approximate surface area is 113 Å². The first-order valence-corrected chi connectivity index (χ1v) is 6.22. The summed E-state index contributed by atoms with van der Waals surface area (Å²) in [5, 5.41) is 0. The van der Waals surface area contributed by atoms with Crippen molar-refractivity contribution >= 4 is 11.5 Å². The van der Waals surface area contributed by atoms with Crippen LogP contribution in [0.25, 0.3) is 5.57 Å². The SMILES string of the molecule is CC=C(C(=O)Oc1ccccc1)c1ccccc1C. The summed E-state index contributed by atoms with van der Waals surface area (Å²) < 4.78 is 5.37. The molecule has 0 atom stereocenters. The number of benzene rings is 2. The molecule has 0 unspecified atom stereocenters. The van der Waals surface area contributed by atoms with Gasteiger partial charge in [0.15, 0.2) is 0 Å². The second-order valence-electron chi connectivity index (χ2n) is 4.22. The van der Waals surface area contributed by atoms with Gasteiger partial charge in [-0.3, -0.25) is 0 Å². The quantitative estimate of drug-likeness (QED) is 0.469. The van der Waals surface area contributed by atoms with Crippen LogP contribution >= 0.6 is 0 Å². The van der Waals surface area contributed by atoms with Crippen LogP contribution in [0.15, 0.2) is 60.7 Å². The Kier molecular flexibility index (Phi) is 4.14. The Balaban J connectivity index is 2.24. The molecule has 0 aliphatic carbocycles. The minimum absolute atomic E-state index is 0.331. The summed E-state index contributed by atoms with van der Waals surface area (Å²) in [5.41, 5.74) is 2.55. The van der Waals surface area contributed by atoms with Crippen LogP contribution in [-0.2, 0) is 4.79 Å². The van der Waals surface area contributed by atoms with Gasteiger partial charge in [0.25, 0.3) is 0 Å². The number of carbonyl (C=O) groups is 1. The minimum Gasteiger partial charge on any atom is -0.423 e. The fourth-order valence-electron chi connectivity index (χ4n) is 1.91. The summed E-state index contributed by atoms with van der Waals surface area (Å²) in [6, 6.07) is 16.9. The van der Waals surface area contributed by atoms with Gasteiger partial charge >= 0.3 is 5.97 Å². The molecule has 0 amide bonds. The van der Waals surface area contributed by atoms with E-state index in [1.165, 1.54) is 0 Å². The first-order valence-electron chi connectivity index (χ1n) is 6.22. The first-order chi connectivity index (χ1) is 9.22. The third kappa shape index (κ3) is 3.10. The van der Waals surface area contributed by atoms with Gasteiger partial charge in [0.2, 0.25) is 0 Å². The highest BCUT2D eigenvalue weighted by Gasteiger charge is 2.14. The van der Waals surface area contributed by atoms with Crippen molar-refractivity contribution in [3.05, 3.63) is 71.8 Å². The third-order valence-corrected chi connectivity index (χ3v) is 2.90. The van der Waals surface area contributed by atoms with Crippen molar-refractivity contribution in [3.8, 4) is 5.75 Å². The summed E-state index contributed by atoms with van der Waals surface area (Å²) in [5.74, 6) is 0.225. The number of hydrogen-bond acceptors (Lipinski definition) is 2. The lowest BCUT2D eigenvalue weighted by molar-refractivity contribution is -0.127. The van der Waals surface area contributed by atoms with Crippen LogP contribution in [0, 0.1) is 6.92 Å². The molecular weight excluding hydrogens is 236 g/mol. The summed E-state index contributed by atoms with van der Waals surface area (Å²) in [4.78, 5) is 12.2. The number of ether oxygens (including phenoxy) is 1. The topological polar surface area (TPSA) is 26.3 Å². The third-order valence-electron chi connectivity index (χ3n) is 2.90. The van der Waals surface area contributed by atoms with Crippen LogP contribution in [-0.4, -0.2) is 5.97 Å². The molecule has 0 spiro atoms. The van der Waals surface area contributed by atoms with E-state index >= 15 is 0 Å². The number of hydrogen-bond donors (Lipinski definition) is 0. The van der Waals surface area contributed by atoms with E-state index in [9.17, 15) is 4.79 Å². The van der Waals surface area contributed by atoms with E-state index in [1.807, 2.05) is 56.3 Å². The molecule has 2 aromatic rings. The average molecular weight is 252 g/mol. The maximum Gasteiger partial charge on any atom is 0.343 e. The van der Waals surface area contributed by atoms with E-state index in [0.717, 1.165) is 11.1 Å². The zero-order valence-corrected chi connectivity index (χ0v) is 11.1. The maximum atomic E-state index is 12.2. The van der Waals surface area contributed by atoms with E-state index in [-0.39, 0.29) is 5.97 Å². The van der Waals surface area contributed by atoms with Gasteiger partial charge < -0.3 is 4.74 Å². The summed E-state index contributed by atoms with van der Waals surface area (Å²) in [6.07, 6.45) is 1.79. The van der Waals surface area contributed by atoms with E-state index in [2.05, 4.69) is 0 Å². The fraction of sp³-hybridized carbons (Fsp3) is 0.118. The molecule has 0 fully saturated rings. The van der Waals surface area contributed by atoms with Crippen LogP contribution in [0.1, 0.15) is 18.1 Å². The molecular formula is C17H16O2. The average Bonchev–Trinajstić information content (AvgIpc) is 2.43. The van der Waals surface area contributed by atoms with Crippen LogP contribution in [0.2, 0.25) is 0 Å². The Morgan fingerprint density at radius 3 is 2.26 bits per heavy atom. The number of aryl methyl sites for hydroxylation is 1. The molecule has 2 aromatic carbocycles. The molecule has 19 heavy (non-hydrogen) atoms. The molecule has 0 radical (unpaired) electrons. The largest absolute Gasteiger partial charge is 0.423 e. The lowest BCUT2D eigenvalue weighted by atomic mass is 10.0. The van der Waals surface area contributed by atoms with Gasteiger partial charge in [-0.2, -0.15) is 0 Å². The maximum absolute atomic E-state index is 12.2. The molecule has 0 heterocycles. The van der Waals surface area contributed by atoms with Gasteiger partial charge in [-0.1, -0.05) is 48.5 Å². The van der Waals surface area contributed by atoms with E-state index in [0.29, 0.717) is 11.3 Å². The molecule has 2 rings (SSSR count). The van der Waals surface area contributed by atoms with Gasteiger partial charge in [-0.05, 0) is 37.1 Å². The van der Waals surface area contributed by atoms with Crippen molar-refractivity contribution < 1.29 is 9.53 Å². The van der Waals surface area contributed by atoms with Crippen molar-refractivity contribution in [3.63, 3.8) is 0 Å². The van der Waals surface area contributed by atoms with Crippen LogP contribution < -0.4 is 4.74 Å². The number of para-hydroxylation sites is 1. The van der Waals surface area contributed by atoms with Crippen LogP contribution in [0.4, 0.5) is 0 Å². The molecule has 2 heteroatoms. The molecule has 2 nitrogen and oxygen atoms in total. The summed E-state index contributed by atoms with van der Waals surface area (Å²) >= 11 is 0. The predicted molar refractivity (Wildman–Crippen MR) is 76.9 cm³/mol. The molecule has 0 bridgehead atoms. The summed E-state index contributed by atoms with van der Waals surface area (Å²) in [6.45, 7) is 3.82.